The molecule has 0 unspecified atom stereocenters. The van der Waals surface area contributed by atoms with Gasteiger partial charge in [-0.3, -0.25) is 4.79 Å². The molecule has 0 saturated heterocycles. The fraction of sp³-hybridized carbons (Fsp3) is 0.278. The van der Waals surface area contributed by atoms with Crippen molar-refractivity contribution >= 4 is 5.91 Å². The quantitative estimate of drug-likeness (QED) is 0.891. The van der Waals surface area contributed by atoms with Crippen molar-refractivity contribution in [2.24, 2.45) is 0 Å². The Morgan fingerprint density at radius 1 is 1.17 bits per heavy atom. The molecule has 1 fully saturated rings. The van der Waals surface area contributed by atoms with E-state index in [0.29, 0.717) is 0 Å². The summed E-state index contributed by atoms with van der Waals surface area (Å²) in [5.74, 6) is 0.439. The molecule has 1 aliphatic carbocycles. The summed E-state index contributed by atoms with van der Waals surface area (Å²) in [6.45, 7) is -0.198. The molecule has 2 aromatic rings. The van der Waals surface area contributed by atoms with Crippen molar-refractivity contribution in [2.75, 3.05) is 13.7 Å². The van der Waals surface area contributed by atoms with Crippen LogP contribution in [0.1, 0.15) is 17.9 Å². The van der Waals surface area contributed by atoms with E-state index in [4.69, 9.17) is 9.47 Å². The lowest BCUT2D eigenvalue weighted by molar-refractivity contribution is -0.123. The van der Waals surface area contributed by atoms with E-state index >= 15 is 0 Å². The zero-order chi connectivity index (χ0) is 16.2. The van der Waals surface area contributed by atoms with Crippen LogP contribution >= 0.6 is 0 Å². The van der Waals surface area contributed by atoms with Crippen LogP contribution < -0.4 is 14.8 Å². The predicted molar refractivity (Wildman–Crippen MR) is 84.2 cm³/mol. The van der Waals surface area contributed by atoms with Crippen molar-refractivity contribution in [3.8, 4) is 11.5 Å². The van der Waals surface area contributed by atoms with E-state index in [1.807, 2.05) is 24.3 Å². The zero-order valence-corrected chi connectivity index (χ0v) is 12.8. The number of amides is 1. The molecule has 1 aliphatic rings. The zero-order valence-electron chi connectivity index (χ0n) is 12.8. The number of carbonyl (C=O) groups excluding carboxylic acids is 1. The van der Waals surface area contributed by atoms with Gasteiger partial charge in [0.2, 0.25) is 0 Å². The van der Waals surface area contributed by atoms with Crippen molar-refractivity contribution in [1.29, 1.82) is 0 Å². The van der Waals surface area contributed by atoms with Crippen LogP contribution in [0, 0.1) is 5.82 Å². The molecule has 5 heteroatoms. The van der Waals surface area contributed by atoms with Gasteiger partial charge in [-0.2, -0.15) is 0 Å². The summed E-state index contributed by atoms with van der Waals surface area (Å²) in [6, 6.07) is 13.9. The summed E-state index contributed by atoms with van der Waals surface area (Å²) in [7, 11) is 1.64. The Morgan fingerprint density at radius 3 is 2.61 bits per heavy atom. The van der Waals surface area contributed by atoms with Gasteiger partial charge in [-0.25, -0.2) is 4.39 Å². The smallest absolute Gasteiger partial charge is 0.258 e. The molecular formula is C18H18FNO3. The van der Waals surface area contributed by atoms with E-state index < -0.39 is 5.82 Å². The molecule has 4 nitrogen and oxygen atoms in total. The molecule has 3 rings (SSSR count). The van der Waals surface area contributed by atoms with Crippen molar-refractivity contribution < 1.29 is 18.7 Å². The first-order chi connectivity index (χ1) is 11.2. The highest BCUT2D eigenvalue weighted by atomic mass is 19.1. The Hall–Kier alpha value is -2.56. The third kappa shape index (κ3) is 3.62. The second kappa shape index (κ2) is 6.69. The second-order valence-corrected chi connectivity index (χ2v) is 5.48. The molecule has 0 heterocycles. The molecule has 0 aliphatic heterocycles. The van der Waals surface area contributed by atoms with Gasteiger partial charge in [0, 0.05) is 12.0 Å². The van der Waals surface area contributed by atoms with Crippen molar-refractivity contribution in [2.45, 2.75) is 18.4 Å². The van der Waals surface area contributed by atoms with Crippen LogP contribution in [0.5, 0.6) is 11.5 Å². The summed E-state index contributed by atoms with van der Waals surface area (Å²) >= 11 is 0. The Labute approximate surface area is 134 Å². The predicted octanol–water partition coefficient (Wildman–Crippen LogP) is 2.89. The fourth-order valence-electron chi connectivity index (χ4n) is 2.62. The summed E-state index contributed by atoms with van der Waals surface area (Å²) in [5.41, 5.74) is 1.09. The minimum atomic E-state index is -0.473. The first-order valence-electron chi connectivity index (χ1n) is 7.48. The SMILES string of the molecule is COc1ccccc1[C@@H]1C[C@@H]1NC(=O)COc1ccccc1F. The first kappa shape index (κ1) is 15.3. The van der Waals surface area contributed by atoms with Crippen LogP contribution in [-0.4, -0.2) is 25.7 Å². The Bertz CT molecular complexity index is 704. The monoisotopic (exact) mass is 315 g/mol. The number of ether oxygens (including phenoxy) is 2. The molecule has 2 atom stereocenters. The van der Waals surface area contributed by atoms with Crippen LogP contribution in [0.2, 0.25) is 0 Å². The fourth-order valence-corrected chi connectivity index (χ4v) is 2.62. The summed E-state index contributed by atoms with van der Waals surface area (Å²) in [4.78, 5) is 11.9. The second-order valence-electron chi connectivity index (χ2n) is 5.48. The lowest BCUT2D eigenvalue weighted by atomic mass is 10.1. The Kier molecular flexibility index (Phi) is 4.46. The van der Waals surface area contributed by atoms with Gasteiger partial charge >= 0.3 is 0 Å². The minimum absolute atomic E-state index is 0.0722. The number of carbonyl (C=O) groups is 1. The largest absolute Gasteiger partial charge is 0.496 e. The molecule has 120 valence electrons. The van der Waals surface area contributed by atoms with Crippen LogP contribution in [0.25, 0.3) is 0 Å². The number of methoxy groups -OCH3 is 1. The molecule has 0 radical (unpaired) electrons. The van der Waals surface area contributed by atoms with Crippen LogP contribution in [0.15, 0.2) is 48.5 Å². The highest BCUT2D eigenvalue weighted by Crippen LogP contribution is 2.44. The molecule has 0 spiro atoms. The van der Waals surface area contributed by atoms with E-state index in [0.717, 1.165) is 17.7 Å². The van der Waals surface area contributed by atoms with E-state index in [9.17, 15) is 9.18 Å². The first-order valence-corrected chi connectivity index (χ1v) is 7.48. The van der Waals surface area contributed by atoms with Gasteiger partial charge in [0.25, 0.3) is 5.91 Å². The van der Waals surface area contributed by atoms with Gasteiger partial charge < -0.3 is 14.8 Å². The van der Waals surface area contributed by atoms with E-state index in [2.05, 4.69) is 5.32 Å². The number of benzene rings is 2. The Morgan fingerprint density at radius 2 is 1.87 bits per heavy atom. The average Bonchev–Trinajstić information content (AvgIpc) is 3.33. The minimum Gasteiger partial charge on any atom is -0.496 e. The average molecular weight is 315 g/mol. The number of halogens is 1. The van der Waals surface area contributed by atoms with Gasteiger partial charge in [-0.05, 0) is 30.2 Å². The highest BCUT2D eigenvalue weighted by Gasteiger charge is 2.41. The highest BCUT2D eigenvalue weighted by molar-refractivity contribution is 5.78. The molecular weight excluding hydrogens is 297 g/mol. The van der Waals surface area contributed by atoms with Crippen LogP contribution in [0.3, 0.4) is 0 Å². The standard InChI is InChI=1S/C18H18FNO3/c1-22-16-8-4-2-6-12(16)13-10-15(13)20-18(21)11-23-17-9-5-3-7-14(17)19/h2-9,13,15H,10-11H2,1H3,(H,20,21)/t13-,15-/m0/s1. The Balaban J connectivity index is 1.51. The van der Waals surface area contributed by atoms with Crippen LogP contribution in [-0.2, 0) is 4.79 Å². The van der Waals surface area contributed by atoms with Crippen molar-refractivity contribution in [3.63, 3.8) is 0 Å². The van der Waals surface area contributed by atoms with Gasteiger partial charge in [-0.1, -0.05) is 30.3 Å². The van der Waals surface area contributed by atoms with E-state index in [1.165, 1.54) is 12.1 Å². The maximum atomic E-state index is 13.4. The molecule has 23 heavy (non-hydrogen) atoms. The van der Waals surface area contributed by atoms with Crippen LogP contribution in [0.4, 0.5) is 4.39 Å². The van der Waals surface area contributed by atoms with E-state index in [1.54, 1.807) is 19.2 Å². The maximum absolute atomic E-state index is 13.4. The molecule has 2 aromatic carbocycles. The maximum Gasteiger partial charge on any atom is 0.258 e. The van der Waals surface area contributed by atoms with Gasteiger partial charge in [0.05, 0.1) is 7.11 Å². The van der Waals surface area contributed by atoms with E-state index in [-0.39, 0.29) is 30.2 Å². The number of para-hydroxylation sites is 2. The van der Waals surface area contributed by atoms with Gasteiger partial charge in [-0.15, -0.1) is 0 Å². The number of nitrogens with one attached hydrogen (secondary N) is 1. The number of rotatable bonds is 6. The number of hydrogen-bond donors (Lipinski definition) is 1. The van der Waals surface area contributed by atoms with Crippen molar-refractivity contribution in [1.82, 2.24) is 5.32 Å². The normalized spacial score (nSPS) is 19.0. The molecule has 0 bridgehead atoms. The molecule has 1 saturated carbocycles. The number of hydrogen-bond acceptors (Lipinski definition) is 3. The third-order valence-electron chi connectivity index (χ3n) is 3.87. The lowest BCUT2D eigenvalue weighted by Gasteiger charge is -2.09. The lowest BCUT2D eigenvalue weighted by Crippen LogP contribution is -2.31. The summed E-state index contributed by atoms with van der Waals surface area (Å²) < 4.78 is 24.0. The molecule has 0 aromatic heterocycles. The van der Waals surface area contributed by atoms with Gasteiger partial charge in [0.1, 0.15) is 5.75 Å². The summed E-state index contributed by atoms with van der Waals surface area (Å²) in [6.07, 6.45) is 0.867. The molecule has 1 N–H and O–H groups in total. The van der Waals surface area contributed by atoms with Crippen molar-refractivity contribution in [3.05, 3.63) is 59.9 Å². The topological polar surface area (TPSA) is 47.6 Å². The molecule has 1 amide bonds. The third-order valence-corrected chi connectivity index (χ3v) is 3.87. The summed E-state index contributed by atoms with van der Waals surface area (Å²) in [5, 5.41) is 2.90. The van der Waals surface area contributed by atoms with Gasteiger partial charge in [0.15, 0.2) is 18.2 Å².